The first-order chi connectivity index (χ1) is 14.0. The molecule has 0 rings (SSSR count). The topological polar surface area (TPSA) is 218 Å². The average Bonchev–Trinajstić information content (AvgIpc) is 2.65. The van der Waals surface area contributed by atoms with Crippen molar-refractivity contribution in [3.05, 3.63) is 0 Å². The van der Waals surface area contributed by atoms with Crippen LogP contribution in [0.5, 0.6) is 0 Å². The van der Waals surface area contributed by atoms with Crippen molar-refractivity contribution in [1.82, 2.24) is 16.0 Å². The Morgan fingerprint density at radius 2 is 1.63 bits per heavy atom. The largest absolute Gasteiger partial charge is 0.480 e. The minimum Gasteiger partial charge on any atom is -0.480 e. The normalized spacial score (nSPS) is 13.5. The third-order valence-corrected chi connectivity index (χ3v) is 3.65. The second-order valence-electron chi connectivity index (χ2n) is 6.95. The second-order valence-corrected chi connectivity index (χ2v) is 6.95. The fraction of sp³-hybridized carbons (Fsp3) is 0.706. The van der Waals surface area contributed by atoms with Crippen LogP contribution < -0.4 is 27.4 Å². The lowest BCUT2D eigenvalue weighted by molar-refractivity contribution is -0.142. The van der Waals surface area contributed by atoms with Crippen molar-refractivity contribution in [2.75, 3.05) is 19.8 Å². The lowest BCUT2D eigenvalue weighted by atomic mass is 10.1. The highest BCUT2D eigenvalue weighted by molar-refractivity contribution is 5.92. The number of hydrogen-bond acceptors (Lipinski definition) is 7. The summed E-state index contributed by atoms with van der Waals surface area (Å²) in [6.45, 7) is 4.59. The van der Waals surface area contributed by atoms with E-state index in [9.17, 15) is 29.4 Å². The highest BCUT2D eigenvalue weighted by Crippen LogP contribution is 2.00. The number of aliphatic imine (C=N–C) groups is 1. The summed E-state index contributed by atoms with van der Waals surface area (Å²) in [5, 5.41) is 25.3. The first kappa shape index (κ1) is 26.9. The van der Waals surface area contributed by atoms with E-state index >= 15 is 0 Å². The lowest BCUT2D eigenvalue weighted by Crippen LogP contribution is -2.55. The Morgan fingerprint density at radius 3 is 2.13 bits per heavy atom. The molecule has 3 atom stereocenters. The summed E-state index contributed by atoms with van der Waals surface area (Å²) in [6, 6.07) is -3.67. The Kier molecular flexibility index (Phi) is 12.5. The molecular formula is C17H32N6O7. The van der Waals surface area contributed by atoms with E-state index in [0.717, 1.165) is 0 Å². The number of aliphatic carboxylic acids is 1. The summed E-state index contributed by atoms with van der Waals surface area (Å²) in [5.74, 6) is -2.88. The summed E-state index contributed by atoms with van der Waals surface area (Å²) in [5.41, 5.74) is 10.4. The van der Waals surface area contributed by atoms with Gasteiger partial charge in [0, 0.05) is 6.54 Å². The fourth-order valence-corrected chi connectivity index (χ4v) is 2.06. The maximum atomic E-state index is 12.2. The third-order valence-electron chi connectivity index (χ3n) is 3.65. The van der Waals surface area contributed by atoms with Crippen LogP contribution in [0.2, 0.25) is 0 Å². The summed E-state index contributed by atoms with van der Waals surface area (Å²) < 4.78 is 4.87. The lowest BCUT2D eigenvalue weighted by Gasteiger charge is -2.21. The predicted molar refractivity (Wildman–Crippen MR) is 107 cm³/mol. The number of rotatable bonds is 13. The number of aliphatic hydroxyl groups excluding tert-OH is 1. The number of guanidine groups is 1. The number of hydrogen-bond donors (Lipinski definition) is 7. The minimum atomic E-state index is -1.34. The van der Waals surface area contributed by atoms with Crippen LogP contribution >= 0.6 is 0 Å². The molecule has 13 nitrogen and oxygen atoms in total. The van der Waals surface area contributed by atoms with E-state index in [0.29, 0.717) is 6.42 Å². The van der Waals surface area contributed by atoms with E-state index in [1.54, 1.807) is 0 Å². The molecular weight excluding hydrogens is 400 g/mol. The third kappa shape index (κ3) is 11.7. The minimum absolute atomic E-state index is 0.0705. The molecule has 0 aromatic heterocycles. The van der Waals surface area contributed by atoms with E-state index in [-0.39, 0.29) is 31.4 Å². The van der Waals surface area contributed by atoms with Gasteiger partial charge >= 0.3 is 12.1 Å². The Hall–Kier alpha value is -3.09. The van der Waals surface area contributed by atoms with Crippen molar-refractivity contribution in [3.8, 4) is 0 Å². The zero-order valence-electron chi connectivity index (χ0n) is 17.4. The highest BCUT2D eigenvalue weighted by atomic mass is 16.5. The van der Waals surface area contributed by atoms with Gasteiger partial charge in [0.15, 0.2) is 5.96 Å². The van der Waals surface area contributed by atoms with E-state index in [1.807, 2.05) is 13.8 Å². The summed E-state index contributed by atoms with van der Waals surface area (Å²) in [7, 11) is 0. The molecule has 0 aliphatic heterocycles. The molecule has 0 aromatic carbocycles. The smallest absolute Gasteiger partial charge is 0.407 e. The second kappa shape index (κ2) is 14.0. The highest BCUT2D eigenvalue weighted by Gasteiger charge is 2.27. The number of carboxylic acids is 1. The molecule has 3 unspecified atom stereocenters. The van der Waals surface area contributed by atoms with E-state index < -0.39 is 48.6 Å². The monoisotopic (exact) mass is 432 g/mol. The molecule has 0 aromatic rings. The van der Waals surface area contributed by atoms with Gasteiger partial charge in [0.2, 0.25) is 11.8 Å². The Labute approximate surface area is 174 Å². The number of nitrogens with two attached hydrogens (primary N) is 2. The van der Waals surface area contributed by atoms with Crippen LogP contribution in [0.15, 0.2) is 4.99 Å². The van der Waals surface area contributed by atoms with Crippen molar-refractivity contribution in [1.29, 1.82) is 0 Å². The number of amides is 3. The zero-order chi connectivity index (χ0) is 23.3. The van der Waals surface area contributed by atoms with Crippen LogP contribution in [0.3, 0.4) is 0 Å². The molecule has 0 fully saturated rings. The Balaban J connectivity index is 4.67. The van der Waals surface area contributed by atoms with E-state index in [2.05, 4.69) is 20.9 Å². The van der Waals surface area contributed by atoms with Gasteiger partial charge in [-0.1, -0.05) is 13.8 Å². The number of carbonyl (C=O) groups excluding carboxylic acids is 3. The molecule has 30 heavy (non-hydrogen) atoms. The molecule has 0 aliphatic rings. The first-order valence-corrected chi connectivity index (χ1v) is 9.41. The van der Waals surface area contributed by atoms with Gasteiger partial charge in [0.05, 0.1) is 13.2 Å². The fourth-order valence-electron chi connectivity index (χ4n) is 2.06. The van der Waals surface area contributed by atoms with Crippen molar-refractivity contribution in [2.45, 2.75) is 51.7 Å². The molecule has 0 saturated carbocycles. The van der Waals surface area contributed by atoms with Crippen molar-refractivity contribution < 1.29 is 34.1 Å². The van der Waals surface area contributed by atoms with Crippen LogP contribution in [0.1, 0.15) is 33.6 Å². The van der Waals surface area contributed by atoms with Crippen LogP contribution in [0.4, 0.5) is 4.79 Å². The molecule has 0 spiro atoms. The van der Waals surface area contributed by atoms with E-state index in [1.165, 1.54) is 6.92 Å². The number of aliphatic hydroxyl groups is 1. The van der Waals surface area contributed by atoms with Crippen molar-refractivity contribution in [2.24, 2.45) is 22.4 Å². The molecule has 3 amide bonds. The van der Waals surface area contributed by atoms with Crippen LogP contribution in [0.25, 0.3) is 0 Å². The van der Waals surface area contributed by atoms with Gasteiger partial charge in [0.1, 0.15) is 18.1 Å². The first-order valence-electron chi connectivity index (χ1n) is 9.41. The van der Waals surface area contributed by atoms with Crippen molar-refractivity contribution in [3.63, 3.8) is 0 Å². The quantitative estimate of drug-likeness (QED) is 0.0957. The molecule has 0 aliphatic carbocycles. The van der Waals surface area contributed by atoms with E-state index in [4.69, 9.17) is 16.2 Å². The Bertz CT molecular complexity index is 622. The number of alkyl carbamates (subject to hydrolysis) is 1. The molecule has 0 bridgehead atoms. The van der Waals surface area contributed by atoms with Gasteiger partial charge in [0.25, 0.3) is 0 Å². The maximum absolute atomic E-state index is 12.2. The van der Waals surface area contributed by atoms with Crippen LogP contribution in [-0.4, -0.2) is 77.9 Å². The number of carboxylic acid groups (broad SMARTS) is 1. The van der Waals surface area contributed by atoms with Gasteiger partial charge in [-0.15, -0.1) is 0 Å². The van der Waals surface area contributed by atoms with Gasteiger partial charge < -0.3 is 42.4 Å². The molecule has 0 saturated heterocycles. The average molecular weight is 432 g/mol. The molecule has 172 valence electrons. The van der Waals surface area contributed by atoms with Gasteiger partial charge in [-0.05, 0) is 25.7 Å². The molecule has 9 N–H and O–H groups in total. The number of carbonyl (C=O) groups is 4. The number of ether oxygens (including phenoxy) is 1. The van der Waals surface area contributed by atoms with Crippen LogP contribution in [-0.2, 0) is 19.1 Å². The van der Waals surface area contributed by atoms with Crippen molar-refractivity contribution >= 4 is 29.8 Å². The summed E-state index contributed by atoms with van der Waals surface area (Å²) in [4.78, 5) is 51.1. The maximum Gasteiger partial charge on any atom is 0.407 e. The Morgan fingerprint density at radius 1 is 1.00 bits per heavy atom. The molecule has 13 heteroatoms. The summed E-state index contributed by atoms with van der Waals surface area (Å²) >= 11 is 0. The van der Waals surface area contributed by atoms with Gasteiger partial charge in [-0.2, -0.15) is 0 Å². The molecule has 0 radical (unpaired) electrons. The number of nitrogens with one attached hydrogen (secondary N) is 3. The van der Waals surface area contributed by atoms with Crippen LogP contribution in [0, 0.1) is 5.92 Å². The summed E-state index contributed by atoms with van der Waals surface area (Å²) in [6.07, 6.45) is -0.506. The SMILES string of the molecule is CC(C)COC(=O)NC(CO)C(=O)NC(C)C(=O)NC(CCCN=C(N)N)C(=O)O. The standard InChI is InChI=1S/C17H32N6O7/c1-9(2)8-30-17(29)23-12(7-24)14(26)21-10(3)13(25)22-11(15(27)28)5-4-6-20-16(18)19/h9-12,24H,4-8H2,1-3H3,(H,21,26)(H,22,25)(H,23,29)(H,27,28)(H4,18,19,20). The zero-order valence-corrected chi connectivity index (χ0v) is 17.4. The van der Waals surface area contributed by atoms with Gasteiger partial charge in [-0.25, -0.2) is 9.59 Å². The number of nitrogens with zero attached hydrogens (tertiary/aromatic N) is 1. The van der Waals surface area contributed by atoms with Gasteiger partial charge in [-0.3, -0.25) is 14.6 Å². The predicted octanol–water partition coefficient (Wildman–Crippen LogP) is -2.14. The molecule has 0 heterocycles.